The minimum Gasteiger partial charge on any atom is -0.312 e. The number of alkyl halides is 3. The first-order valence-electron chi connectivity index (χ1n) is 6.10. The van der Waals surface area contributed by atoms with Gasteiger partial charge >= 0.3 is 6.18 Å². The number of nitrogens with one attached hydrogen (secondary N) is 1. The van der Waals surface area contributed by atoms with Gasteiger partial charge in [-0.2, -0.15) is 23.4 Å². The maximum Gasteiger partial charge on any atom is 0.416 e. The summed E-state index contributed by atoms with van der Waals surface area (Å²) in [6.45, 7) is 1.95. The fourth-order valence-corrected chi connectivity index (χ4v) is 1.71. The summed E-state index contributed by atoms with van der Waals surface area (Å²) in [5.74, 6) is 0. The molecule has 0 bridgehead atoms. The van der Waals surface area contributed by atoms with Crippen LogP contribution < -0.4 is 5.32 Å². The zero-order chi connectivity index (χ0) is 14.8. The Morgan fingerprint density at radius 3 is 2.10 bits per heavy atom. The molecular weight excluding hydrogens is 267 g/mol. The third-order valence-electron chi connectivity index (χ3n) is 3.07. The van der Waals surface area contributed by atoms with Gasteiger partial charge in [0.15, 0.2) is 0 Å². The first-order chi connectivity index (χ1) is 9.41. The number of hydrogen-bond acceptors (Lipinski definition) is 3. The van der Waals surface area contributed by atoms with Gasteiger partial charge in [0, 0.05) is 11.6 Å². The molecule has 1 aromatic carbocycles. The highest BCUT2D eigenvalue weighted by Crippen LogP contribution is 2.30. The SMILES string of the molecule is CNC(C)c1ccc(-c2ccc(C(F)(F)F)cc2)nn1. The molecule has 1 unspecified atom stereocenters. The van der Waals surface area contributed by atoms with Crippen molar-refractivity contribution in [2.45, 2.75) is 19.1 Å². The monoisotopic (exact) mass is 281 g/mol. The summed E-state index contributed by atoms with van der Waals surface area (Å²) in [5, 5.41) is 11.1. The Kier molecular flexibility index (Phi) is 4.04. The predicted molar refractivity (Wildman–Crippen MR) is 69.9 cm³/mol. The van der Waals surface area contributed by atoms with Crippen LogP contribution in [0.3, 0.4) is 0 Å². The highest BCUT2D eigenvalue weighted by molar-refractivity contribution is 5.58. The van der Waals surface area contributed by atoms with E-state index in [0.29, 0.717) is 11.3 Å². The molecule has 1 heterocycles. The fraction of sp³-hybridized carbons (Fsp3) is 0.286. The number of nitrogens with zero attached hydrogens (tertiary/aromatic N) is 2. The lowest BCUT2D eigenvalue weighted by molar-refractivity contribution is -0.137. The van der Waals surface area contributed by atoms with Crippen molar-refractivity contribution in [1.82, 2.24) is 15.5 Å². The Labute approximate surface area is 114 Å². The Balaban J connectivity index is 2.24. The van der Waals surface area contributed by atoms with Crippen molar-refractivity contribution in [2.24, 2.45) is 0 Å². The molecule has 2 rings (SSSR count). The lowest BCUT2D eigenvalue weighted by atomic mass is 10.1. The Hall–Kier alpha value is -1.95. The van der Waals surface area contributed by atoms with E-state index in [0.717, 1.165) is 17.8 Å². The van der Waals surface area contributed by atoms with Gasteiger partial charge in [0.05, 0.1) is 17.0 Å². The van der Waals surface area contributed by atoms with Gasteiger partial charge < -0.3 is 5.32 Å². The summed E-state index contributed by atoms with van der Waals surface area (Å²) in [6, 6.07) is 8.51. The third kappa shape index (κ3) is 3.14. The normalized spacial score (nSPS) is 13.2. The molecule has 1 atom stereocenters. The first kappa shape index (κ1) is 14.5. The van der Waals surface area contributed by atoms with Crippen LogP contribution in [-0.2, 0) is 6.18 Å². The van der Waals surface area contributed by atoms with Crippen LogP contribution >= 0.6 is 0 Å². The van der Waals surface area contributed by atoms with Crippen molar-refractivity contribution in [2.75, 3.05) is 7.05 Å². The van der Waals surface area contributed by atoms with E-state index in [1.807, 2.05) is 14.0 Å². The van der Waals surface area contributed by atoms with Crippen molar-refractivity contribution in [1.29, 1.82) is 0 Å². The second-order valence-electron chi connectivity index (χ2n) is 4.43. The summed E-state index contributed by atoms with van der Waals surface area (Å²) in [5.41, 5.74) is 1.26. The molecule has 2 aromatic rings. The lowest BCUT2D eigenvalue weighted by Gasteiger charge is -2.09. The van der Waals surface area contributed by atoms with E-state index < -0.39 is 11.7 Å². The molecule has 0 fully saturated rings. The largest absolute Gasteiger partial charge is 0.416 e. The number of hydrogen-bond donors (Lipinski definition) is 1. The molecule has 106 valence electrons. The van der Waals surface area contributed by atoms with Gasteiger partial charge in [-0.05, 0) is 38.2 Å². The molecule has 0 aliphatic rings. The van der Waals surface area contributed by atoms with Crippen LogP contribution in [-0.4, -0.2) is 17.2 Å². The van der Waals surface area contributed by atoms with Crippen molar-refractivity contribution in [3.63, 3.8) is 0 Å². The highest BCUT2D eigenvalue weighted by Gasteiger charge is 2.30. The number of aromatic nitrogens is 2. The molecule has 1 N–H and O–H groups in total. The van der Waals surface area contributed by atoms with Crippen LogP contribution in [0, 0.1) is 0 Å². The molecule has 20 heavy (non-hydrogen) atoms. The maximum absolute atomic E-state index is 12.5. The van der Waals surface area contributed by atoms with E-state index >= 15 is 0 Å². The second-order valence-corrected chi connectivity index (χ2v) is 4.43. The molecule has 0 aliphatic carbocycles. The standard InChI is InChI=1S/C14H14F3N3/c1-9(18-2)12-7-8-13(20-19-12)10-3-5-11(6-4-10)14(15,16)17/h3-9,18H,1-2H3. The summed E-state index contributed by atoms with van der Waals surface area (Å²) in [7, 11) is 1.82. The van der Waals surface area contributed by atoms with Crippen LogP contribution in [0.25, 0.3) is 11.3 Å². The molecule has 3 nitrogen and oxygen atoms in total. The summed E-state index contributed by atoms with van der Waals surface area (Å²) < 4.78 is 37.4. The fourth-order valence-electron chi connectivity index (χ4n) is 1.71. The van der Waals surface area contributed by atoms with E-state index in [2.05, 4.69) is 15.5 Å². The van der Waals surface area contributed by atoms with Crippen LogP contribution in [0.15, 0.2) is 36.4 Å². The summed E-state index contributed by atoms with van der Waals surface area (Å²) >= 11 is 0. The summed E-state index contributed by atoms with van der Waals surface area (Å²) in [4.78, 5) is 0. The van der Waals surface area contributed by atoms with E-state index in [9.17, 15) is 13.2 Å². The molecule has 0 aliphatic heterocycles. The molecule has 0 radical (unpaired) electrons. The predicted octanol–water partition coefficient (Wildman–Crippen LogP) is 3.44. The zero-order valence-corrected chi connectivity index (χ0v) is 11.1. The Bertz CT molecular complexity index is 562. The number of halogens is 3. The zero-order valence-electron chi connectivity index (χ0n) is 11.1. The minimum absolute atomic E-state index is 0.0733. The molecule has 0 spiro atoms. The van der Waals surface area contributed by atoms with Gasteiger partial charge in [0.25, 0.3) is 0 Å². The van der Waals surface area contributed by atoms with Crippen molar-refractivity contribution >= 4 is 0 Å². The van der Waals surface area contributed by atoms with E-state index in [1.165, 1.54) is 12.1 Å². The molecule has 0 saturated heterocycles. The topological polar surface area (TPSA) is 37.8 Å². The minimum atomic E-state index is -4.32. The molecule has 1 aromatic heterocycles. The van der Waals surface area contributed by atoms with Gasteiger partial charge in [-0.1, -0.05) is 12.1 Å². The van der Waals surface area contributed by atoms with Crippen LogP contribution in [0.1, 0.15) is 24.2 Å². The average Bonchev–Trinajstić information content (AvgIpc) is 2.46. The Morgan fingerprint density at radius 2 is 1.65 bits per heavy atom. The van der Waals surface area contributed by atoms with Crippen molar-refractivity contribution < 1.29 is 13.2 Å². The van der Waals surface area contributed by atoms with E-state index in [-0.39, 0.29) is 6.04 Å². The van der Waals surface area contributed by atoms with E-state index in [1.54, 1.807) is 12.1 Å². The van der Waals surface area contributed by atoms with Gasteiger partial charge in [0.2, 0.25) is 0 Å². The van der Waals surface area contributed by atoms with Gasteiger partial charge in [-0.3, -0.25) is 0 Å². The van der Waals surface area contributed by atoms with E-state index in [4.69, 9.17) is 0 Å². The van der Waals surface area contributed by atoms with Gasteiger partial charge in [0.1, 0.15) is 0 Å². The van der Waals surface area contributed by atoms with Crippen LogP contribution in [0.2, 0.25) is 0 Å². The molecular formula is C14H14F3N3. The number of benzene rings is 1. The summed E-state index contributed by atoms with van der Waals surface area (Å²) in [6.07, 6.45) is -4.32. The van der Waals surface area contributed by atoms with Crippen molar-refractivity contribution in [3.8, 4) is 11.3 Å². The first-order valence-corrected chi connectivity index (χ1v) is 6.10. The van der Waals surface area contributed by atoms with Gasteiger partial charge in [-0.25, -0.2) is 0 Å². The maximum atomic E-state index is 12.5. The lowest BCUT2D eigenvalue weighted by Crippen LogP contribution is -2.14. The number of rotatable bonds is 3. The quantitative estimate of drug-likeness (QED) is 0.936. The van der Waals surface area contributed by atoms with Gasteiger partial charge in [-0.15, -0.1) is 0 Å². The second kappa shape index (κ2) is 5.58. The third-order valence-corrected chi connectivity index (χ3v) is 3.07. The van der Waals surface area contributed by atoms with Crippen LogP contribution in [0.4, 0.5) is 13.2 Å². The molecule has 6 heteroatoms. The molecule has 0 amide bonds. The Morgan fingerprint density at radius 1 is 1.00 bits per heavy atom. The molecule has 0 saturated carbocycles. The van der Waals surface area contributed by atoms with Crippen LogP contribution in [0.5, 0.6) is 0 Å². The highest BCUT2D eigenvalue weighted by atomic mass is 19.4. The smallest absolute Gasteiger partial charge is 0.312 e. The average molecular weight is 281 g/mol. The van der Waals surface area contributed by atoms with Crippen molar-refractivity contribution in [3.05, 3.63) is 47.7 Å².